The van der Waals surface area contributed by atoms with Crippen LogP contribution in [0.3, 0.4) is 0 Å². The number of nitrogens with one attached hydrogen (secondary N) is 2. The number of carbonyl (C=O) groups is 1. The van der Waals surface area contributed by atoms with Gasteiger partial charge in [0, 0.05) is 17.8 Å². The Morgan fingerprint density at radius 3 is 2.60 bits per heavy atom. The van der Waals surface area contributed by atoms with E-state index in [1.54, 1.807) is 6.92 Å². The van der Waals surface area contributed by atoms with Crippen molar-refractivity contribution in [3.63, 3.8) is 0 Å². The normalized spacial score (nSPS) is 13.0. The Hall–Kier alpha value is -1.67. The first-order chi connectivity index (χ1) is 9.19. The minimum atomic E-state index is -4.03. The molecule has 0 aliphatic carbocycles. The van der Waals surface area contributed by atoms with Gasteiger partial charge in [0.25, 0.3) is 0 Å². The van der Waals surface area contributed by atoms with E-state index in [0.29, 0.717) is 6.54 Å². The van der Waals surface area contributed by atoms with Gasteiger partial charge in [-0.15, -0.1) is 0 Å². The fourth-order valence-corrected chi connectivity index (χ4v) is 3.12. The zero-order valence-corrected chi connectivity index (χ0v) is 12.3. The Balaban J connectivity index is 3.09. The molecule has 0 radical (unpaired) electrons. The predicted molar refractivity (Wildman–Crippen MR) is 74.0 cm³/mol. The first-order valence-corrected chi connectivity index (χ1v) is 7.53. The molecule has 0 aliphatic rings. The smallest absolute Gasteiger partial charge is 0.241 e. The fourth-order valence-electron chi connectivity index (χ4n) is 1.63. The number of hydrogen-bond donors (Lipinski definition) is 3. The molecule has 1 aromatic rings. The van der Waals surface area contributed by atoms with Crippen LogP contribution in [0.5, 0.6) is 0 Å². The van der Waals surface area contributed by atoms with Crippen molar-refractivity contribution in [2.24, 2.45) is 0 Å². The lowest BCUT2D eigenvalue weighted by Crippen LogP contribution is -2.44. The summed E-state index contributed by atoms with van der Waals surface area (Å²) in [5.41, 5.74) is 5.40. The van der Waals surface area contributed by atoms with E-state index < -0.39 is 27.8 Å². The number of carbonyl (C=O) groups excluding carboxylic acids is 1. The minimum Gasteiger partial charge on any atom is -0.399 e. The van der Waals surface area contributed by atoms with Gasteiger partial charge in [-0.2, -0.15) is 4.72 Å². The molecule has 0 aliphatic heterocycles. The fraction of sp³-hybridized carbons (Fsp3) is 0.417. The summed E-state index contributed by atoms with van der Waals surface area (Å²) in [4.78, 5) is 11.3. The van der Waals surface area contributed by atoms with Crippen molar-refractivity contribution in [1.82, 2.24) is 10.0 Å². The number of halogens is 1. The molecule has 1 rings (SSSR count). The average molecular weight is 303 g/mol. The minimum absolute atomic E-state index is 0.000798. The molecule has 8 heteroatoms. The van der Waals surface area contributed by atoms with Crippen molar-refractivity contribution in [3.8, 4) is 0 Å². The van der Waals surface area contributed by atoms with E-state index in [9.17, 15) is 17.6 Å². The largest absolute Gasteiger partial charge is 0.399 e. The summed E-state index contributed by atoms with van der Waals surface area (Å²) in [6, 6.07) is 1.23. The van der Waals surface area contributed by atoms with Crippen LogP contribution in [0.1, 0.15) is 19.4 Å². The molecular weight excluding hydrogens is 285 g/mol. The highest BCUT2D eigenvalue weighted by Gasteiger charge is 2.24. The quantitative estimate of drug-likeness (QED) is 0.690. The Bertz CT molecular complexity index is 617. The molecule has 4 N–H and O–H groups in total. The number of hydrogen-bond acceptors (Lipinski definition) is 4. The van der Waals surface area contributed by atoms with Gasteiger partial charge in [0.05, 0.1) is 10.9 Å². The predicted octanol–water partition coefficient (Wildman–Crippen LogP) is 0.519. The second kappa shape index (κ2) is 6.19. The monoisotopic (exact) mass is 303 g/mol. The Labute approximate surface area is 117 Å². The first-order valence-electron chi connectivity index (χ1n) is 6.04. The SMILES string of the molecule is CCNC(=O)C(C)NS(=O)(=O)c1cc(N)cc(F)c1C. The molecule has 1 amide bonds. The molecule has 0 spiro atoms. The molecule has 0 aromatic heterocycles. The van der Waals surface area contributed by atoms with Crippen LogP contribution in [0.25, 0.3) is 0 Å². The van der Waals surface area contributed by atoms with Crippen LogP contribution in [0.2, 0.25) is 0 Å². The first kappa shape index (κ1) is 16.4. The van der Waals surface area contributed by atoms with Crippen LogP contribution in [0.15, 0.2) is 17.0 Å². The van der Waals surface area contributed by atoms with E-state index in [1.807, 2.05) is 0 Å². The summed E-state index contributed by atoms with van der Waals surface area (Å²) < 4.78 is 40.1. The summed E-state index contributed by atoms with van der Waals surface area (Å²) in [5, 5.41) is 2.49. The van der Waals surface area contributed by atoms with Gasteiger partial charge in [-0.3, -0.25) is 4.79 Å². The van der Waals surface area contributed by atoms with Crippen molar-refractivity contribution in [2.75, 3.05) is 12.3 Å². The molecule has 112 valence electrons. The second-order valence-electron chi connectivity index (χ2n) is 4.36. The Morgan fingerprint density at radius 1 is 1.45 bits per heavy atom. The summed E-state index contributed by atoms with van der Waals surface area (Å²) in [5.74, 6) is -1.17. The van der Waals surface area contributed by atoms with E-state index in [0.717, 1.165) is 12.1 Å². The van der Waals surface area contributed by atoms with Crippen LogP contribution < -0.4 is 15.8 Å². The van der Waals surface area contributed by atoms with Crippen molar-refractivity contribution >= 4 is 21.6 Å². The maximum absolute atomic E-state index is 13.5. The molecular formula is C12H18FN3O3S. The van der Waals surface area contributed by atoms with Crippen LogP contribution in [-0.4, -0.2) is 26.9 Å². The molecule has 0 saturated carbocycles. The summed E-state index contributed by atoms with van der Waals surface area (Å²) in [6.45, 7) is 4.84. The molecule has 6 nitrogen and oxygen atoms in total. The van der Waals surface area contributed by atoms with Crippen molar-refractivity contribution < 1.29 is 17.6 Å². The molecule has 0 fully saturated rings. The van der Waals surface area contributed by atoms with Crippen LogP contribution in [0, 0.1) is 12.7 Å². The number of likely N-dealkylation sites (N-methyl/N-ethyl adjacent to an activating group) is 1. The maximum Gasteiger partial charge on any atom is 0.241 e. The van der Waals surface area contributed by atoms with E-state index in [-0.39, 0.29) is 16.1 Å². The molecule has 0 heterocycles. The van der Waals surface area contributed by atoms with Gasteiger partial charge in [-0.25, -0.2) is 12.8 Å². The van der Waals surface area contributed by atoms with Crippen LogP contribution in [0.4, 0.5) is 10.1 Å². The lowest BCUT2D eigenvalue weighted by Gasteiger charge is -2.15. The standard InChI is InChI=1S/C12H18FN3O3S/c1-4-15-12(17)8(3)16-20(18,19)11-6-9(14)5-10(13)7(11)2/h5-6,8,16H,4,14H2,1-3H3,(H,15,17). The number of anilines is 1. The Morgan fingerprint density at radius 2 is 2.05 bits per heavy atom. The van der Waals surface area contributed by atoms with Gasteiger partial charge in [-0.05, 0) is 32.9 Å². The van der Waals surface area contributed by atoms with Gasteiger partial charge in [0.2, 0.25) is 15.9 Å². The number of rotatable bonds is 5. The van der Waals surface area contributed by atoms with Crippen LogP contribution in [-0.2, 0) is 14.8 Å². The number of benzene rings is 1. The molecule has 1 atom stereocenters. The van der Waals surface area contributed by atoms with E-state index in [1.165, 1.54) is 13.8 Å². The topological polar surface area (TPSA) is 101 Å². The molecule has 0 bridgehead atoms. The van der Waals surface area contributed by atoms with Gasteiger partial charge in [0.15, 0.2) is 0 Å². The Kier molecular flexibility index (Phi) is 5.07. The van der Waals surface area contributed by atoms with Gasteiger partial charge in [-0.1, -0.05) is 0 Å². The number of nitrogen functional groups attached to an aromatic ring is 1. The van der Waals surface area contributed by atoms with Gasteiger partial charge in [0.1, 0.15) is 5.82 Å². The number of nitrogens with two attached hydrogens (primary N) is 1. The molecule has 0 saturated heterocycles. The zero-order chi connectivity index (χ0) is 15.5. The van der Waals surface area contributed by atoms with E-state index in [4.69, 9.17) is 5.73 Å². The van der Waals surface area contributed by atoms with E-state index in [2.05, 4.69) is 10.0 Å². The van der Waals surface area contributed by atoms with Crippen molar-refractivity contribution in [2.45, 2.75) is 31.7 Å². The highest BCUT2D eigenvalue weighted by Crippen LogP contribution is 2.21. The zero-order valence-electron chi connectivity index (χ0n) is 11.5. The third kappa shape index (κ3) is 3.67. The molecule has 1 unspecified atom stereocenters. The van der Waals surface area contributed by atoms with Gasteiger partial charge < -0.3 is 11.1 Å². The molecule has 1 aromatic carbocycles. The highest BCUT2D eigenvalue weighted by atomic mass is 32.2. The van der Waals surface area contributed by atoms with Crippen LogP contribution >= 0.6 is 0 Å². The average Bonchev–Trinajstić information content (AvgIpc) is 2.33. The summed E-state index contributed by atoms with van der Waals surface area (Å²) in [7, 11) is -4.03. The number of amides is 1. The highest BCUT2D eigenvalue weighted by molar-refractivity contribution is 7.89. The van der Waals surface area contributed by atoms with Gasteiger partial charge >= 0.3 is 0 Å². The third-order valence-corrected chi connectivity index (χ3v) is 4.35. The second-order valence-corrected chi connectivity index (χ2v) is 6.05. The van der Waals surface area contributed by atoms with Crippen molar-refractivity contribution in [3.05, 3.63) is 23.5 Å². The third-order valence-electron chi connectivity index (χ3n) is 2.68. The molecule has 20 heavy (non-hydrogen) atoms. The maximum atomic E-state index is 13.5. The summed E-state index contributed by atoms with van der Waals surface area (Å²) in [6.07, 6.45) is 0. The van der Waals surface area contributed by atoms with E-state index >= 15 is 0 Å². The van der Waals surface area contributed by atoms with Crippen molar-refractivity contribution in [1.29, 1.82) is 0 Å². The lowest BCUT2D eigenvalue weighted by molar-refractivity contribution is -0.122. The number of sulfonamides is 1. The summed E-state index contributed by atoms with van der Waals surface area (Å²) >= 11 is 0. The lowest BCUT2D eigenvalue weighted by atomic mass is 10.2.